The van der Waals surface area contributed by atoms with Crippen molar-refractivity contribution in [2.75, 3.05) is 5.32 Å². The Morgan fingerprint density at radius 3 is 2.82 bits per heavy atom. The number of hydrogen-bond acceptors (Lipinski definition) is 5. The maximum atomic E-state index is 12.2. The molecule has 0 spiro atoms. The smallest absolute Gasteiger partial charge is 0.271 e. The molecule has 0 saturated heterocycles. The zero-order chi connectivity index (χ0) is 15.7. The molecule has 0 radical (unpaired) electrons. The Hall–Kier alpha value is -2.80. The van der Waals surface area contributed by atoms with Crippen LogP contribution in [0.1, 0.15) is 15.9 Å². The highest BCUT2D eigenvalue weighted by molar-refractivity contribution is 7.22. The third-order valence-corrected chi connectivity index (χ3v) is 4.03. The van der Waals surface area contributed by atoms with Crippen molar-refractivity contribution in [3.63, 3.8) is 0 Å². The minimum Gasteiger partial charge on any atom is -0.298 e. The lowest BCUT2D eigenvalue weighted by atomic mass is 10.1. The Balaban J connectivity index is 1.87. The molecule has 1 amide bonds. The fourth-order valence-electron chi connectivity index (χ4n) is 2.04. The first-order chi connectivity index (χ1) is 10.5. The SMILES string of the molecule is Cc1cccc(C(=O)Nc2nc3cc([N+](=O)[O-])ccc3s2)c1. The lowest BCUT2D eigenvalue weighted by Crippen LogP contribution is -2.11. The third kappa shape index (κ3) is 2.79. The van der Waals surface area contributed by atoms with Crippen LogP contribution in [0.5, 0.6) is 0 Å². The second-order valence-corrected chi connectivity index (χ2v) is 5.78. The molecule has 7 heteroatoms. The number of aryl methyl sites for hydroxylation is 1. The topological polar surface area (TPSA) is 85.1 Å². The molecule has 3 aromatic rings. The number of nitrogens with zero attached hydrogens (tertiary/aromatic N) is 2. The van der Waals surface area contributed by atoms with Gasteiger partial charge in [0.05, 0.1) is 15.1 Å². The van der Waals surface area contributed by atoms with Gasteiger partial charge in [-0.1, -0.05) is 29.0 Å². The number of nitrogens with one attached hydrogen (secondary N) is 1. The first kappa shape index (κ1) is 14.2. The molecule has 0 atom stereocenters. The van der Waals surface area contributed by atoms with Crippen LogP contribution in [-0.2, 0) is 0 Å². The molecule has 1 aromatic heterocycles. The van der Waals surface area contributed by atoms with Crippen LogP contribution in [0.3, 0.4) is 0 Å². The van der Waals surface area contributed by atoms with E-state index in [1.165, 1.54) is 23.5 Å². The van der Waals surface area contributed by atoms with Gasteiger partial charge < -0.3 is 0 Å². The second kappa shape index (κ2) is 5.53. The summed E-state index contributed by atoms with van der Waals surface area (Å²) in [5.41, 5.74) is 2.02. The molecule has 0 aliphatic carbocycles. The lowest BCUT2D eigenvalue weighted by molar-refractivity contribution is -0.384. The van der Waals surface area contributed by atoms with E-state index in [1.54, 1.807) is 18.2 Å². The van der Waals surface area contributed by atoms with E-state index >= 15 is 0 Å². The van der Waals surface area contributed by atoms with Gasteiger partial charge in [-0.05, 0) is 25.1 Å². The number of non-ortho nitro benzene ring substituents is 1. The molecule has 1 N–H and O–H groups in total. The predicted molar refractivity (Wildman–Crippen MR) is 85.4 cm³/mol. The van der Waals surface area contributed by atoms with E-state index in [4.69, 9.17) is 0 Å². The minimum absolute atomic E-state index is 0.0191. The number of anilines is 1. The largest absolute Gasteiger partial charge is 0.298 e. The predicted octanol–water partition coefficient (Wildman–Crippen LogP) is 3.77. The average molecular weight is 313 g/mol. The van der Waals surface area contributed by atoms with Gasteiger partial charge in [0.1, 0.15) is 0 Å². The van der Waals surface area contributed by atoms with E-state index in [2.05, 4.69) is 10.3 Å². The van der Waals surface area contributed by atoms with Crippen LogP contribution < -0.4 is 5.32 Å². The zero-order valence-electron chi connectivity index (χ0n) is 11.6. The van der Waals surface area contributed by atoms with Crippen molar-refractivity contribution in [1.82, 2.24) is 4.98 Å². The van der Waals surface area contributed by atoms with Crippen molar-refractivity contribution >= 4 is 38.3 Å². The molecule has 0 bridgehead atoms. The Bertz CT molecular complexity index is 889. The van der Waals surface area contributed by atoms with Gasteiger partial charge in [-0.2, -0.15) is 0 Å². The van der Waals surface area contributed by atoms with Gasteiger partial charge >= 0.3 is 0 Å². The molecule has 0 unspecified atom stereocenters. The van der Waals surface area contributed by atoms with Crippen LogP contribution in [0.15, 0.2) is 42.5 Å². The summed E-state index contributed by atoms with van der Waals surface area (Å²) in [5, 5.41) is 13.9. The number of rotatable bonds is 3. The van der Waals surface area contributed by atoms with Crippen molar-refractivity contribution < 1.29 is 9.72 Å². The number of aromatic nitrogens is 1. The van der Waals surface area contributed by atoms with Gasteiger partial charge in [-0.25, -0.2) is 4.98 Å². The van der Waals surface area contributed by atoms with Gasteiger partial charge in [0.2, 0.25) is 0 Å². The molecule has 6 nitrogen and oxygen atoms in total. The Morgan fingerprint density at radius 2 is 2.09 bits per heavy atom. The molecule has 0 aliphatic rings. The standard InChI is InChI=1S/C15H11N3O3S/c1-9-3-2-4-10(7-9)14(19)17-15-16-12-8-11(18(20)21)5-6-13(12)22-15/h2-8H,1H3,(H,16,17,19). The summed E-state index contributed by atoms with van der Waals surface area (Å²) in [7, 11) is 0. The third-order valence-electron chi connectivity index (χ3n) is 3.08. The van der Waals surface area contributed by atoms with Crippen LogP contribution >= 0.6 is 11.3 Å². The van der Waals surface area contributed by atoms with Gasteiger partial charge in [-0.15, -0.1) is 0 Å². The number of nitro benzene ring substituents is 1. The highest BCUT2D eigenvalue weighted by Gasteiger charge is 2.13. The number of thiazole rings is 1. The van der Waals surface area contributed by atoms with Crippen molar-refractivity contribution in [2.45, 2.75) is 6.92 Å². The van der Waals surface area contributed by atoms with Crippen LogP contribution in [0.2, 0.25) is 0 Å². The highest BCUT2D eigenvalue weighted by Crippen LogP contribution is 2.29. The number of hydrogen-bond donors (Lipinski definition) is 1. The monoisotopic (exact) mass is 313 g/mol. The molecule has 0 aliphatic heterocycles. The van der Waals surface area contributed by atoms with E-state index in [1.807, 2.05) is 19.1 Å². The molecule has 0 saturated carbocycles. The Morgan fingerprint density at radius 1 is 1.27 bits per heavy atom. The van der Waals surface area contributed by atoms with Crippen LogP contribution in [-0.4, -0.2) is 15.8 Å². The van der Waals surface area contributed by atoms with Crippen LogP contribution in [0.4, 0.5) is 10.8 Å². The summed E-state index contributed by atoms with van der Waals surface area (Å²) < 4.78 is 0.783. The van der Waals surface area contributed by atoms with E-state index in [0.29, 0.717) is 16.2 Å². The maximum Gasteiger partial charge on any atom is 0.271 e. The Kier molecular flexibility index (Phi) is 3.56. The average Bonchev–Trinajstić information content (AvgIpc) is 2.88. The van der Waals surface area contributed by atoms with Crippen molar-refractivity contribution in [1.29, 1.82) is 0 Å². The van der Waals surface area contributed by atoms with Gasteiger partial charge in [0.15, 0.2) is 5.13 Å². The molecule has 2 aromatic carbocycles. The van der Waals surface area contributed by atoms with Gasteiger partial charge in [-0.3, -0.25) is 20.2 Å². The molecular formula is C15H11N3O3S. The quantitative estimate of drug-likeness (QED) is 0.589. The van der Waals surface area contributed by atoms with Crippen molar-refractivity contribution in [2.24, 2.45) is 0 Å². The normalized spacial score (nSPS) is 10.6. The van der Waals surface area contributed by atoms with E-state index in [-0.39, 0.29) is 11.6 Å². The summed E-state index contributed by atoms with van der Waals surface area (Å²) in [6, 6.07) is 11.7. The summed E-state index contributed by atoms with van der Waals surface area (Å²) in [6.45, 7) is 1.91. The highest BCUT2D eigenvalue weighted by atomic mass is 32.1. The van der Waals surface area contributed by atoms with Crippen LogP contribution in [0.25, 0.3) is 10.2 Å². The summed E-state index contributed by atoms with van der Waals surface area (Å²) >= 11 is 1.28. The van der Waals surface area contributed by atoms with E-state index in [9.17, 15) is 14.9 Å². The summed E-state index contributed by atoms with van der Waals surface area (Å²) in [5.74, 6) is -0.253. The van der Waals surface area contributed by atoms with Crippen molar-refractivity contribution in [3.8, 4) is 0 Å². The lowest BCUT2D eigenvalue weighted by Gasteiger charge is -2.02. The van der Waals surface area contributed by atoms with Crippen LogP contribution in [0, 0.1) is 17.0 Å². The van der Waals surface area contributed by atoms with Gasteiger partial charge in [0, 0.05) is 17.7 Å². The number of amides is 1. The number of carbonyl (C=O) groups excluding carboxylic acids is 1. The first-order valence-electron chi connectivity index (χ1n) is 6.46. The minimum atomic E-state index is -0.468. The number of nitro groups is 1. The van der Waals surface area contributed by atoms with Crippen molar-refractivity contribution in [3.05, 3.63) is 63.7 Å². The molecular weight excluding hydrogens is 302 g/mol. The summed E-state index contributed by atoms with van der Waals surface area (Å²) in [6.07, 6.45) is 0. The first-order valence-corrected chi connectivity index (χ1v) is 7.27. The van der Waals surface area contributed by atoms with Gasteiger partial charge in [0.25, 0.3) is 11.6 Å². The number of benzene rings is 2. The second-order valence-electron chi connectivity index (χ2n) is 4.75. The molecule has 110 valence electrons. The summed E-state index contributed by atoms with van der Waals surface area (Å²) in [4.78, 5) is 26.7. The number of fused-ring (bicyclic) bond motifs is 1. The maximum absolute atomic E-state index is 12.2. The van der Waals surface area contributed by atoms with E-state index < -0.39 is 4.92 Å². The fraction of sp³-hybridized carbons (Fsp3) is 0.0667. The number of carbonyl (C=O) groups is 1. The molecule has 0 fully saturated rings. The Labute approximate surface area is 129 Å². The molecule has 22 heavy (non-hydrogen) atoms. The molecule has 1 heterocycles. The molecule has 3 rings (SSSR count). The fourth-order valence-corrected chi connectivity index (χ4v) is 2.88. The zero-order valence-corrected chi connectivity index (χ0v) is 12.4. The van der Waals surface area contributed by atoms with E-state index in [0.717, 1.165) is 10.3 Å².